The van der Waals surface area contributed by atoms with E-state index < -0.39 is 11.4 Å². The number of aliphatic hydroxyl groups excluding tert-OH is 1. The van der Waals surface area contributed by atoms with E-state index in [0.29, 0.717) is 6.42 Å². The second-order valence-corrected chi connectivity index (χ2v) is 7.76. The number of hydrogen-bond donors (Lipinski definition) is 2. The summed E-state index contributed by atoms with van der Waals surface area (Å²) in [5.74, 6) is -0.774. The Balaban J connectivity index is 3.85. The Labute approximate surface area is 134 Å². The van der Waals surface area contributed by atoms with Crippen molar-refractivity contribution in [3.8, 4) is 0 Å². The highest BCUT2D eigenvalue weighted by atomic mass is 16.4. The average Bonchev–Trinajstić information content (AvgIpc) is 2.45. The molecule has 0 aliphatic rings. The summed E-state index contributed by atoms with van der Waals surface area (Å²) in [5.41, 5.74) is -0.744. The molecule has 0 saturated carbocycles. The van der Waals surface area contributed by atoms with Gasteiger partial charge in [0.25, 0.3) is 0 Å². The molecule has 0 radical (unpaired) electrons. The summed E-state index contributed by atoms with van der Waals surface area (Å²) in [5, 5.41) is 21.4. The van der Waals surface area contributed by atoms with Gasteiger partial charge in [0.2, 0.25) is 0 Å². The summed E-state index contributed by atoms with van der Waals surface area (Å²) in [7, 11) is 0. The Kier molecular flexibility index (Phi) is 9.49. The molecular formula is C17H33NO4. The maximum atomic E-state index is 11.0. The van der Waals surface area contributed by atoms with Crippen molar-refractivity contribution in [2.45, 2.75) is 85.1 Å². The molecule has 0 aromatic rings. The molecule has 0 heterocycles. The van der Waals surface area contributed by atoms with Crippen LogP contribution in [0.5, 0.6) is 0 Å². The fraction of sp³-hybridized carbons (Fsp3) is 0.941. The van der Waals surface area contributed by atoms with Crippen LogP contribution in [0.2, 0.25) is 0 Å². The summed E-state index contributed by atoms with van der Waals surface area (Å²) < 4.78 is 0. The second kappa shape index (κ2) is 9.93. The molecule has 22 heavy (non-hydrogen) atoms. The van der Waals surface area contributed by atoms with Gasteiger partial charge in [-0.05, 0) is 44.9 Å². The van der Waals surface area contributed by atoms with Crippen molar-refractivity contribution in [1.29, 1.82) is 0 Å². The van der Waals surface area contributed by atoms with Crippen molar-refractivity contribution in [3.05, 3.63) is 4.91 Å². The Morgan fingerprint density at radius 1 is 1.00 bits per heavy atom. The molecule has 0 aliphatic heterocycles. The summed E-state index contributed by atoms with van der Waals surface area (Å²) >= 11 is 0. The standard InChI is InChI=1S/C17H33NO4/c1-16(2,13-19)11-7-5-9-14(18-22)10-6-8-12-17(3,4)15(20)21/h14,19H,5-13H2,1-4H3,(H,20,21). The van der Waals surface area contributed by atoms with Crippen LogP contribution in [0.25, 0.3) is 0 Å². The van der Waals surface area contributed by atoms with Gasteiger partial charge in [-0.2, -0.15) is 4.91 Å². The molecule has 1 unspecified atom stereocenters. The SMILES string of the molecule is CC(C)(CO)CCCCC(CCCCC(C)(C)C(=O)O)N=O. The molecule has 130 valence electrons. The lowest BCUT2D eigenvalue weighted by Gasteiger charge is -2.21. The molecule has 0 rings (SSSR count). The van der Waals surface area contributed by atoms with E-state index in [1.807, 2.05) is 13.8 Å². The first-order chi connectivity index (χ1) is 10.1. The van der Waals surface area contributed by atoms with Crippen LogP contribution in [0.1, 0.15) is 79.1 Å². The fourth-order valence-corrected chi connectivity index (χ4v) is 2.37. The fourth-order valence-electron chi connectivity index (χ4n) is 2.37. The molecule has 0 saturated heterocycles. The maximum Gasteiger partial charge on any atom is 0.309 e. The number of rotatable bonds is 13. The predicted molar refractivity (Wildman–Crippen MR) is 88.8 cm³/mol. The first kappa shape index (κ1) is 21.0. The number of carbonyl (C=O) groups is 1. The topological polar surface area (TPSA) is 87.0 Å². The third-order valence-corrected chi connectivity index (χ3v) is 4.39. The Morgan fingerprint density at radius 2 is 1.50 bits per heavy atom. The molecule has 1 atom stereocenters. The zero-order chi connectivity index (χ0) is 17.2. The van der Waals surface area contributed by atoms with E-state index in [2.05, 4.69) is 5.18 Å². The third kappa shape index (κ3) is 9.13. The van der Waals surface area contributed by atoms with Crippen LogP contribution >= 0.6 is 0 Å². The van der Waals surface area contributed by atoms with Gasteiger partial charge in [0.15, 0.2) is 0 Å². The molecule has 0 bridgehead atoms. The van der Waals surface area contributed by atoms with Gasteiger partial charge in [-0.25, -0.2) is 0 Å². The number of hydrogen-bond acceptors (Lipinski definition) is 4. The highest BCUT2D eigenvalue weighted by molar-refractivity contribution is 5.73. The Bertz CT molecular complexity index is 340. The second-order valence-electron chi connectivity index (χ2n) is 7.76. The number of nitroso groups, excluding NO2 is 1. The molecule has 0 aliphatic carbocycles. The molecule has 0 fully saturated rings. The van der Waals surface area contributed by atoms with Gasteiger partial charge in [0.1, 0.15) is 0 Å². The van der Waals surface area contributed by atoms with Crippen molar-refractivity contribution in [2.75, 3.05) is 6.61 Å². The van der Waals surface area contributed by atoms with Crippen molar-refractivity contribution < 1.29 is 15.0 Å². The predicted octanol–water partition coefficient (Wildman–Crippen LogP) is 4.37. The zero-order valence-corrected chi connectivity index (χ0v) is 14.6. The van der Waals surface area contributed by atoms with Crippen LogP contribution in [0.15, 0.2) is 5.18 Å². The Morgan fingerprint density at radius 3 is 1.91 bits per heavy atom. The molecule has 5 heteroatoms. The van der Waals surface area contributed by atoms with Crippen molar-refractivity contribution >= 4 is 5.97 Å². The van der Waals surface area contributed by atoms with Crippen LogP contribution in [0.4, 0.5) is 0 Å². The quantitative estimate of drug-likeness (QED) is 0.390. The summed E-state index contributed by atoms with van der Waals surface area (Å²) in [6, 6.07) is -0.162. The number of nitrogens with zero attached hydrogens (tertiary/aromatic N) is 1. The maximum absolute atomic E-state index is 11.0. The number of carboxylic acid groups (broad SMARTS) is 1. The third-order valence-electron chi connectivity index (χ3n) is 4.39. The lowest BCUT2D eigenvalue weighted by Crippen LogP contribution is -2.23. The minimum Gasteiger partial charge on any atom is -0.481 e. The summed E-state index contributed by atoms with van der Waals surface area (Å²) in [4.78, 5) is 21.9. The highest BCUT2D eigenvalue weighted by Crippen LogP contribution is 2.26. The normalized spacial score (nSPS) is 13.9. The molecule has 2 N–H and O–H groups in total. The monoisotopic (exact) mass is 315 g/mol. The lowest BCUT2D eigenvalue weighted by molar-refractivity contribution is -0.147. The van der Waals surface area contributed by atoms with E-state index in [9.17, 15) is 14.8 Å². The summed E-state index contributed by atoms with van der Waals surface area (Å²) in [6.45, 7) is 7.71. The first-order valence-corrected chi connectivity index (χ1v) is 8.31. The number of aliphatic hydroxyl groups is 1. The van der Waals surface area contributed by atoms with Crippen LogP contribution in [-0.4, -0.2) is 28.8 Å². The molecule has 0 aromatic heterocycles. The smallest absolute Gasteiger partial charge is 0.309 e. The van der Waals surface area contributed by atoms with Crippen molar-refractivity contribution in [2.24, 2.45) is 16.0 Å². The first-order valence-electron chi connectivity index (χ1n) is 8.31. The van der Waals surface area contributed by atoms with Gasteiger partial charge in [-0.1, -0.05) is 44.7 Å². The number of carboxylic acids is 1. The van der Waals surface area contributed by atoms with E-state index in [1.165, 1.54) is 0 Å². The highest BCUT2D eigenvalue weighted by Gasteiger charge is 2.26. The van der Waals surface area contributed by atoms with Crippen LogP contribution < -0.4 is 0 Å². The minimum absolute atomic E-state index is 0.0491. The minimum atomic E-state index is -0.774. The van der Waals surface area contributed by atoms with Crippen LogP contribution in [0, 0.1) is 15.7 Å². The largest absolute Gasteiger partial charge is 0.481 e. The van der Waals surface area contributed by atoms with E-state index in [-0.39, 0.29) is 18.1 Å². The summed E-state index contributed by atoms with van der Waals surface area (Å²) in [6.07, 6.45) is 6.68. The zero-order valence-electron chi connectivity index (χ0n) is 14.6. The number of unbranched alkanes of at least 4 members (excludes halogenated alkanes) is 2. The van der Waals surface area contributed by atoms with Gasteiger partial charge in [0, 0.05) is 6.61 Å². The van der Waals surface area contributed by atoms with E-state index in [1.54, 1.807) is 13.8 Å². The van der Waals surface area contributed by atoms with Gasteiger partial charge in [-0.15, -0.1) is 0 Å². The molecule has 0 aromatic carbocycles. The van der Waals surface area contributed by atoms with Crippen molar-refractivity contribution in [1.82, 2.24) is 0 Å². The lowest BCUT2D eigenvalue weighted by atomic mass is 9.86. The van der Waals surface area contributed by atoms with Crippen molar-refractivity contribution in [3.63, 3.8) is 0 Å². The van der Waals surface area contributed by atoms with Gasteiger partial charge in [-0.3, -0.25) is 4.79 Å². The molecular weight excluding hydrogens is 282 g/mol. The Hall–Kier alpha value is -0.970. The van der Waals surface area contributed by atoms with Gasteiger partial charge in [0.05, 0.1) is 11.5 Å². The number of aliphatic carboxylic acids is 1. The molecule has 5 nitrogen and oxygen atoms in total. The van der Waals surface area contributed by atoms with Crippen LogP contribution in [0.3, 0.4) is 0 Å². The van der Waals surface area contributed by atoms with Crippen LogP contribution in [-0.2, 0) is 4.79 Å². The van der Waals surface area contributed by atoms with Gasteiger partial charge >= 0.3 is 5.97 Å². The van der Waals surface area contributed by atoms with E-state index in [0.717, 1.165) is 44.9 Å². The van der Waals surface area contributed by atoms with E-state index in [4.69, 9.17) is 5.11 Å². The van der Waals surface area contributed by atoms with Gasteiger partial charge < -0.3 is 10.2 Å². The average molecular weight is 315 g/mol. The molecule has 0 amide bonds. The van der Waals surface area contributed by atoms with E-state index >= 15 is 0 Å². The molecule has 0 spiro atoms.